The normalized spacial score (nSPS) is 11.8. The van der Waals surface area contributed by atoms with E-state index < -0.39 is 30.2 Å². The number of aryl methyl sites for hydroxylation is 3. The zero-order valence-electron chi connectivity index (χ0n) is 20.3. The summed E-state index contributed by atoms with van der Waals surface area (Å²) in [6, 6.07) is 17.4. The minimum Gasteiger partial charge on any atom is -0.481 e. The summed E-state index contributed by atoms with van der Waals surface area (Å²) < 4.78 is 85.5. The van der Waals surface area contributed by atoms with Crippen LogP contribution in [0, 0.1) is 17.5 Å². The van der Waals surface area contributed by atoms with Crippen LogP contribution < -0.4 is 4.74 Å². The van der Waals surface area contributed by atoms with E-state index >= 15 is 4.39 Å². The molecule has 0 N–H and O–H groups in total. The number of hydrogen-bond donors (Lipinski definition) is 0. The molecule has 0 atom stereocenters. The van der Waals surface area contributed by atoms with Crippen LogP contribution in [0.25, 0.3) is 21.9 Å². The van der Waals surface area contributed by atoms with Crippen LogP contribution in [0.5, 0.6) is 5.75 Å². The van der Waals surface area contributed by atoms with Gasteiger partial charge < -0.3 is 4.74 Å². The standard InChI is InChI=1S/C30H26F6O/c1-2-3-4-19-6-12-24(26(31)15-19)22-11-13-25-23(17-22)10-9-21(29(25)33)8-5-20-7-14-28(27(32)16-20)37-18-30(34,35)36/h6-7,9-17H,2-5,8,18H2,1H3. The van der Waals surface area contributed by atoms with Gasteiger partial charge in [-0.25, -0.2) is 13.2 Å². The van der Waals surface area contributed by atoms with Crippen molar-refractivity contribution in [3.8, 4) is 16.9 Å². The topological polar surface area (TPSA) is 9.23 Å². The van der Waals surface area contributed by atoms with E-state index in [-0.39, 0.29) is 18.7 Å². The lowest BCUT2D eigenvalue weighted by Gasteiger charge is -2.12. The van der Waals surface area contributed by atoms with Crippen molar-refractivity contribution in [2.24, 2.45) is 0 Å². The molecule has 4 aromatic rings. The van der Waals surface area contributed by atoms with Gasteiger partial charge in [0, 0.05) is 10.9 Å². The first-order valence-electron chi connectivity index (χ1n) is 12.1. The Labute approximate surface area is 211 Å². The summed E-state index contributed by atoms with van der Waals surface area (Å²) in [5.74, 6) is -2.11. The van der Waals surface area contributed by atoms with Gasteiger partial charge in [0.15, 0.2) is 18.2 Å². The minimum absolute atomic E-state index is 0.263. The Morgan fingerprint density at radius 2 is 1.46 bits per heavy atom. The Morgan fingerprint density at radius 1 is 0.730 bits per heavy atom. The first-order valence-corrected chi connectivity index (χ1v) is 12.1. The van der Waals surface area contributed by atoms with Crippen molar-refractivity contribution < 1.29 is 31.1 Å². The zero-order valence-corrected chi connectivity index (χ0v) is 20.3. The van der Waals surface area contributed by atoms with Crippen molar-refractivity contribution >= 4 is 10.8 Å². The third kappa shape index (κ3) is 6.64. The van der Waals surface area contributed by atoms with Crippen LogP contribution in [0.1, 0.15) is 36.5 Å². The van der Waals surface area contributed by atoms with Gasteiger partial charge in [-0.15, -0.1) is 0 Å². The highest BCUT2D eigenvalue weighted by Crippen LogP contribution is 2.30. The Bertz CT molecular complexity index is 1390. The van der Waals surface area contributed by atoms with Crippen LogP contribution in [0.15, 0.2) is 66.7 Å². The van der Waals surface area contributed by atoms with Crippen LogP contribution in [-0.4, -0.2) is 12.8 Å². The molecule has 0 saturated heterocycles. The van der Waals surface area contributed by atoms with E-state index in [1.165, 1.54) is 6.07 Å². The predicted octanol–water partition coefficient (Wildman–Crippen LogP) is 8.99. The predicted molar refractivity (Wildman–Crippen MR) is 133 cm³/mol. The van der Waals surface area contributed by atoms with Gasteiger partial charge in [0.05, 0.1) is 0 Å². The maximum atomic E-state index is 15.2. The molecule has 1 nitrogen and oxygen atoms in total. The lowest BCUT2D eigenvalue weighted by Crippen LogP contribution is -2.19. The van der Waals surface area contributed by atoms with E-state index in [1.807, 2.05) is 6.07 Å². The monoisotopic (exact) mass is 516 g/mol. The number of ether oxygens (including phenoxy) is 1. The number of benzene rings is 4. The molecule has 0 heterocycles. The summed E-state index contributed by atoms with van der Waals surface area (Å²) in [5.41, 5.74) is 2.98. The van der Waals surface area contributed by atoms with E-state index in [0.29, 0.717) is 33.0 Å². The van der Waals surface area contributed by atoms with Crippen LogP contribution in [0.4, 0.5) is 26.3 Å². The van der Waals surface area contributed by atoms with Crippen molar-refractivity contribution in [1.82, 2.24) is 0 Å². The zero-order chi connectivity index (χ0) is 26.6. The molecule has 0 aromatic heterocycles. The highest BCUT2D eigenvalue weighted by Gasteiger charge is 2.29. The van der Waals surface area contributed by atoms with Crippen LogP contribution in [-0.2, 0) is 19.3 Å². The summed E-state index contributed by atoms with van der Waals surface area (Å²) in [4.78, 5) is 0. The molecule has 4 rings (SSSR count). The van der Waals surface area contributed by atoms with Crippen molar-refractivity contribution in [1.29, 1.82) is 0 Å². The second-order valence-electron chi connectivity index (χ2n) is 9.06. The van der Waals surface area contributed by atoms with E-state index in [1.54, 1.807) is 42.5 Å². The number of hydrogen-bond acceptors (Lipinski definition) is 1. The molecule has 37 heavy (non-hydrogen) atoms. The summed E-state index contributed by atoms with van der Waals surface area (Å²) in [5, 5.41) is 1.02. The Kier molecular flexibility index (Phi) is 8.10. The second-order valence-corrected chi connectivity index (χ2v) is 9.06. The Hall–Kier alpha value is -3.48. The van der Waals surface area contributed by atoms with Crippen molar-refractivity contribution in [3.05, 3.63) is 101 Å². The molecule has 0 fully saturated rings. The molecule has 0 radical (unpaired) electrons. The first kappa shape index (κ1) is 26.6. The highest BCUT2D eigenvalue weighted by molar-refractivity contribution is 5.88. The molecule has 0 saturated carbocycles. The molecule has 0 aliphatic heterocycles. The van der Waals surface area contributed by atoms with Gasteiger partial charge in [-0.2, -0.15) is 13.2 Å². The summed E-state index contributed by atoms with van der Waals surface area (Å²) >= 11 is 0. The van der Waals surface area contributed by atoms with Gasteiger partial charge in [-0.3, -0.25) is 0 Å². The van der Waals surface area contributed by atoms with E-state index in [4.69, 9.17) is 0 Å². The Morgan fingerprint density at radius 3 is 2.16 bits per heavy atom. The minimum atomic E-state index is -4.56. The average molecular weight is 517 g/mol. The van der Waals surface area contributed by atoms with Crippen molar-refractivity contribution in [3.63, 3.8) is 0 Å². The van der Waals surface area contributed by atoms with Gasteiger partial charge in [-0.05, 0) is 77.6 Å². The molecule has 0 amide bonds. The van der Waals surface area contributed by atoms with Crippen LogP contribution in [0.2, 0.25) is 0 Å². The average Bonchev–Trinajstić information content (AvgIpc) is 2.86. The third-order valence-corrected chi connectivity index (χ3v) is 6.27. The van der Waals surface area contributed by atoms with Gasteiger partial charge in [0.1, 0.15) is 11.6 Å². The molecular formula is C30H26F6O. The number of fused-ring (bicyclic) bond motifs is 1. The van der Waals surface area contributed by atoms with Crippen LogP contribution >= 0.6 is 0 Å². The summed E-state index contributed by atoms with van der Waals surface area (Å²) in [6.45, 7) is 0.506. The SMILES string of the molecule is CCCCc1ccc(-c2ccc3c(F)c(CCc4ccc(OCC(F)(F)F)c(F)c4)ccc3c2)c(F)c1. The molecule has 4 aromatic carbocycles. The van der Waals surface area contributed by atoms with E-state index in [9.17, 15) is 22.0 Å². The quantitative estimate of drug-likeness (QED) is 0.202. The molecule has 7 heteroatoms. The lowest BCUT2D eigenvalue weighted by molar-refractivity contribution is -0.153. The fourth-order valence-electron chi connectivity index (χ4n) is 4.28. The van der Waals surface area contributed by atoms with Gasteiger partial charge in [-0.1, -0.05) is 55.8 Å². The first-order chi connectivity index (χ1) is 17.6. The Balaban J connectivity index is 1.48. The molecule has 0 spiro atoms. The molecular weight excluding hydrogens is 490 g/mol. The summed E-state index contributed by atoms with van der Waals surface area (Å²) in [7, 11) is 0. The fraction of sp³-hybridized carbons (Fsp3) is 0.267. The number of halogens is 6. The molecule has 0 aliphatic rings. The van der Waals surface area contributed by atoms with Gasteiger partial charge in [0.25, 0.3) is 0 Å². The van der Waals surface area contributed by atoms with Crippen molar-refractivity contribution in [2.45, 2.75) is 45.2 Å². The second kappa shape index (κ2) is 11.3. The smallest absolute Gasteiger partial charge is 0.422 e. The molecule has 0 unspecified atom stereocenters. The number of alkyl halides is 3. The lowest BCUT2D eigenvalue weighted by atomic mass is 9.96. The largest absolute Gasteiger partial charge is 0.481 e. The van der Waals surface area contributed by atoms with Crippen molar-refractivity contribution in [2.75, 3.05) is 6.61 Å². The number of rotatable bonds is 9. The van der Waals surface area contributed by atoms with Crippen LogP contribution in [0.3, 0.4) is 0 Å². The third-order valence-electron chi connectivity index (χ3n) is 6.27. The molecule has 0 bridgehead atoms. The maximum Gasteiger partial charge on any atom is 0.422 e. The summed E-state index contributed by atoms with van der Waals surface area (Å²) in [6.07, 6.45) is -1.17. The molecule has 0 aliphatic carbocycles. The van der Waals surface area contributed by atoms with E-state index in [0.717, 1.165) is 37.0 Å². The van der Waals surface area contributed by atoms with Gasteiger partial charge in [0.2, 0.25) is 0 Å². The maximum absolute atomic E-state index is 15.2. The fourth-order valence-corrected chi connectivity index (χ4v) is 4.28. The molecule has 194 valence electrons. The van der Waals surface area contributed by atoms with Gasteiger partial charge >= 0.3 is 6.18 Å². The van der Waals surface area contributed by atoms with E-state index in [2.05, 4.69) is 11.7 Å². The number of unbranched alkanes of at least 4 members (excludes halogenated alkanes) is 1. The highest BCUT2D eigenvalue weighted by atomic mass is 19.4.